The number of carbonyl (C=O) groups excluding carboxylic acids is 4. The van der Waals surface area contributed by atoms with Crippen molar-refractivity contribution < 1.29 is 70.9 Å². The Labute approximate surface area is 492 Å². The van der Waals surface area contributed by atoms with E-state index < -0.39 is 91.7 Å². The molecule has 6 rings (SSSR count). The molecule has 23 nitrogen and oxygen atoms in total. The molecular formula is C60H81N6O17P. The smallest absolute Gasteiger partial charge is 0.330 e. The summed E-state index contributed by atoms with van der Waals surface area (Å²) in [6.45, 7) is 15.0. The van der Waals surface area contributed by atoms with Crippen LogP contribution in [0.1, 0.15) is 110 Å². The summed E-state index contributed by atoms with van der Waals surface area (Å²) in [6.07, 6.45) is -2.69. The van der Waals surface area contributed by atoms with Gasteiger partial charge in [0, 0.05) is 71.2 Å². The van der Waals surface area contributed by atoms with E-state index in [2.05, 4.69) is 25.9 Å². The Morgan fingerprint density at radius 1 is 0.810 bits per heavy atom. The van der Waals surface area contributed by atoms with Crippen LogP contribution in [0.2, 0.25) is 0 Å². The Bertz CT molecular complexity index is 2880. The molecule has 8 atom stereocenters. The van der Waals surface area contributed by atoms with Gasteiger partial charge in [0.1, 0.15) is 41.5 Å². The standard InChI is InChI=1S/C60H81N6O17P/c1-39(2)66(40(3)4)84(78-32-18-29-61)79-38-59(37-77-60(46-19-14-12-15-20-46,47-21-25-49(73-10)26-22-47)48-23-27-50(74-11)28-24-48)36-64(34-52(83-59)65-33-41(5)56(71)63-58(65)72)30-16-13-17-31-75-57-53(62-42(6)67)55(81-45(9)70)54(80-44(8)69)51(82-57)35-76-43(7)68/h12,14-15,19-28,33,39-40,51-55,57H,13,16-18,30-32,34-38H2,1-11H3,(H,62,67)(H,63,71,72)/t51-,52-,53-,54+,55-,57-,59+,84?/m1/s1. The number of hydrogen-bond acceptors (Lipinski definition) is 20. The van der Waals surface area contributed by atoms with Gasteiger partial charge in [0.05, 0.1) is 46.5 Å². The third-order valence-corrected chi connectivity index (χ3v) is 16.1. The van der Waals surface area contributed by atoms with Crippen molar-refractivity contribution in [2.24, 2.45) is 0 Å². The van der Waals surface area contributed by atoms with Gasteiger partial charge in [-0.15, -0.1) is 0 Å². The van der Waals surface area contributed by atoms with Crippen molar-refractivity contribution >= 4 is 32.3 Å². The van der Waals surface area contributed by atoms with Crippen molar-refractivity contribution in [3.63, 3.8) is 0 Å². The second kappa shape index (κ2) is 31.5. The summed E-state index contributed by atoms with van der Waals surface area (Å²) < 4.78 is 72.1. The predicted octanol–water partition coefficient (Wildman–Crippen LogP) is 6.58. The molecule has 2 aliphatic rings. The van der Waals surface area contributed by atoms with Crippen molar-refractivity contribution in [2.75, 3.05) is 66.9 Å². The van der Waals surface area contributed by atoms with E-state index >= 15 is 0 Å². The predicted molar refractivity (Wildman–Crippen MR) is 309 cm³/mol. The molecule has 2 fully saturated rings. The number of aromatic amines is 1. The number of nitrogens with one attached hydrogen (secondary N) is 2. The maximum atomic E-state index is 14.0. The fraction of sp³-hybridized carbons (Fsp3) is 0.550. The summed E-state index contributed by atoms with van der Waals surface area (Å²) in [5.74, 6) is -1.32. The molecule has 3 aromatic carbocycles. The van der Waals surface area contributed by atoms with Crippen LogP contribution >= 0.6 is 8.53 Å². The number of nitrogens with zero attached hydrogens (tertiary/aromatic N) is 4. The van der Waals surface area contributed by atoms with Gasteiger partial charge in [0.2, 0.25) is 5.91 Å². The Morgan fingerprint density at radius 3 is 1.98 bits per heavy atom. The van der Waals surface area contributed by atoms with Gasteiger partial charge in [-0.3, -0.25) is 38.4 Å². The second-order valence-electron chi connectivity index (χ2n) is 21.2. The first kappa shape index (κ1) is 66.6. The number of aryl methyl sites for hydroxylation is 1. The highest BCUT2D eigenvalue weighted by Gasteiger charge is 2.52. The average molecular weight is 1190 g/mol. The number of nitriles is 1. The molecule has 3 heterocycles. The lowest BCUT2D eigenvalue weighted by Gasteiger charge is -2.48. The van der Waals surface area contributed by atoms with E-state index in [-0.39, 0.29) is 70.2 Å². The Hall–Kier alpha value is -6.58. The number of carbonyl (C=O) groups is 4. The maximum absolute atomic E-state index is 14.0. The number of ether oxygens (including phenoxy) is 9. The minimum Gasteiger partial charge on any atom is -0.497 e. The first-order valence-electron chi connectivity index (χ1n) is 28.1. The molecule has 0 saturated carbocycles. The number of rotatable bonds is 30. The van der Waals surface area contributed by atoms with Crippen LogP contribution in [-0.2, 0) is 67.0 Å². The number of aromatic nitrogens is 2. The van der Waals surface area contributed by atoms with E-state index in [1.54, 1.807) is 21.1 Å². The zero-order valence-corrected chi connectivity index (χ0v) is 50.8. The number of hydrogen-bond donors (Lipinski definition) is 2. The molecule has 0 aliphatic carbocycles. The Balaban J connectivity index is 1.39. The fourth-order valence-corrected chi connectivity index (χ4v) is 12.1. The zero-order chi connectivity index (χ0) is 61.1. The highest BCUT2D eigenvalue weighted by atomic mass is 31.2. The molecular weight excluding hydrogens is 1110 g/mol. The van der Waals surface area contributed by atoms with E-state index in [0.29, 0.717) is 37.3 Å². The molecule has 1 unspecified atom stereocenters. The molecule has 4 aromatic rings. The minimum atomic E-state index is -1.84. The summed E-state index contributed by atoms with van der Waals surface area (Å²) in [5, 5.41) is 12.3. The Morgan fingerprint density at radius 2 is 1.42 bits per heavy atom. The van der Waals surface area contributed by atoms with Crippen LogP contribution < -0.4 is 26.0 Å². The molecule has 1 aromatic heterocycles. The van der Waals surface area contributed by atoms with Gasteiger partial charge in [0.25, 0.3) is 14.1 Å². The number of esters is 3. The SMILES string of the molecule is COc1ccc(C(OC[C@]2(COP(OCCC#N)N(C(C)C)C(C)C)CN(CCCCCO[C@@H]3O[C@H](COC(C)=O)[C@H](OC(C)=O)[C@H](OC(C)=O)[C@H]3NC(C)=O)C[C@H](n3cc(C)c(=O)[nH]c3=O)O2)(c2ccccc2)c2ccc(OC)cc2)cc1. The molecule has 84 heavy (non-hydrogen) atoms. The average Bonchev–Trinajstić information content (AvgIpc) is 3.00. The van der Waals surface area contributed by atoms with E-state index in [4.69, 9.17) is 51.7 Å². The molecule has 1 amide bonds. The molecule has 2 N–H and O–H groups in total. The highest BCUT2D eigenvalue weighted by molar-refractivity contribution is 7.44. The molecule has 2 aliphatic heterocycles. The van der Waals surface area contributed by atoms with Gasteiger partial charge < -0.3 is 57.0 Å². The maximum Gasteiger partial charge on any atom is 0.330 e. The van der Waals surface area contributed by atoms with Crippen molar-refractivity contribution in [3.05, 3.63) is 128 Å². The number of methoxy groups -OCH3 is 2. The van der Waals surface area contributed by atoms with Gasteiger partial charge in [0.15, 0.2) is 24.7 Å². The van der Waals surface area contributed by atoms with E-state index in [1.807, 2.05) is 107 Å². The van der Waals surface area contributed by atoms with E-state index in [9.17, 15) is 34.0 Å². The quantitative estimate of drug-likeness (QED) is 0.0184. The van der Waals surface area contributed by atoms with E-state index in [0.717, 1.165) is 23.6 Å². The number of morpholine rings is 1. The van der Waals surface area contributed by atoms with Gasteiger partial charge in [-0.2, -0.15) is 5.26 Å². The molecule has 0 bridgehead atoms. The van der Waals surface area contributed by atoms with Crippen LogP contribution in [0.25, 0.3) is 0 Å². The van der Waals surface area contributed by atoms with Crippen molar-refractivity contribution in [2.45, 2.75) is 148 Å². The monoisotopic (exact) mass is 1190 g/mol. The van der Waals surface area contributed by atoms with Crippen LogP contribution in [0, 0.1) is 18.3 Å². The number of amides is 1. The number of benzene rings is 3. The summed E-state index contributed by atoms with van der Waals surface area (Å²) in [5.41, 5.74) is -1.35. The summed E-state index contributed by atoms with van der Waals surface area (Å²) >= 11 is 0. The van der Waals surface area contributed by atoms with Crippen molar-refractivity contribution in [1.29, 1.82) is 5.26 Å². The largest absolute Gasteiger partial charge is 0.497 e. The van der Waals surface area contributed by atoms with Crippen LogP contribution in [0.4, 0.5) is 0 Å². The summed E-state index contributed by atoms with van der Waals surface area (Å²) in [6, 6.07) is 26.0. The molecule has 2 saturated heterocycles. The van der Waals surface area contributed by atoms with Crippen LogP contribution in [0.5, 0.6) is 11.5 Å². The van der Waals surface area contributed by atoms with Gasteiger partial charge in [-0.25, -0.2) is 9.46 Å². The van der Waals surface area contributed by atoms with E-state index in [1.165, 1.54) is 31.5 Å². The van der Waals surface area contributed by atoms with Gasteiger partial charge in [-0.1, -0.05) is 54.6 Å². The van der Waals surface area contributed by atoms with Crippen molar-refractivity contribution in [1.82, 2.24) is 24.4 Å². The first-order chi connectivity index (χ1) is 40.1. The minimum absolute atomic E-state index is 0.0411. The second-order valence-corrected chi connectivity index (χ2v) is 22.7. The van der Waals surface area contributed by atoms with Crippen LogP contribution in [-0.4, -0.2) is 158 Å². The fourth-order valence-electron chi connectivity index (χ4n) is 10.4. The van der Waals surface area contributed by atoms with Crippen molar-refractivity contribution in [3.8, 4) is 17.6 Å². The lowest BCUT2D eigenvalue weighted by molar-refractivity contribution is -0.277. The van der Waals surface area contributed by atoms with Gasteiger partial charge in [-0.05, 0) is 101 Å². The molecule has 0 spiro atoms. The molecule has 24 heteroatoms. The normalized spacial score (nSPS) is 21.3. The third kappa shape index (κ3) is 17.7. The zero-order valence-electron chi connectivity index (χ0n) is 49.9. The number of H-pyrrole nitrogens is 1. The highest BCUT2D eigenvalue weighted by Crippen LogP contribution is 2.49. The molecule has 458 valence electrons. The third-order valence-electron chi connectivity index (χ3n) is 14.1. The Kier molecular flexibility index (Phi) is 25.0. The lowest BCUT2D eigenvalue weighted by atomic mass is 9.79. The van der Waals surface area contributed by atoms with Crippen LogP contribution in [0.3, 0.4) is 0 Å². The lowest BCUT2D eigenvalue weighted by Crippen LogP contribution is -2.66. The summed E-state index contributed by atoms with van der Waals surface area (Å²) in [4.78, 5) is 80.8. The summed E-state index contributed by atoms with van der Waals surface area (Å²) in [7, 11) is 1.36. The molecule has 0 radical (unpaired) electrons. The van der Waals surface area contributed by atoms with Gasteiger partial charge >= 0.3 is 23.6 Å². The first-order valence-corrected chi connectivity index (χ1v) is 29.2. The van der Waals surface area contributed by atoms with Crippen LogP contribution in [0.15, 0.2) is 94.6 Å². The topological polar surface area (TPSA) is 267 Å². The number of unbranched alkanes of at least 4 members (excludes halogenated alkanes) is 2.